The molecule has 0 unspecified atom stereocenters. The molecule has 0 aromatic carbocycles. The van der Waals surface area contributed by atoms with Crippen molar-refractivity contribution in [3.63, 3.8) is 0 Å². The van der Waals surface area contributed by atoms with Crippen LogP contribution < -0.4 is 10.6 Å². The number of likely N-dealkylation sites (tertiary alicyclic amines) is 1. The summed E-state index contributed by atoms with van der Waals surface area (Å²) in [5.41, 5.74) is 0. The van der Waals surface area contributed by atoms with Gasteiger partial charge in [-0.1, -0.05) is 19.3 Å². The minimum absolute atomic E-state index is 0.0724. The number of hydrogen-bond acceptors (Lipinski definition) is 4. The number of nitrogens with one attached hydrogen (secondary N) is 2. The van der Waals surface area contributed by atoms with E-state index in [2.05, 4.69) is 10.6 Å². The van der Waals surface area contributed by atoms with Gasteiger partial charge in [-0.05, 0) is 25.7 Å². The Labute approximate surface area is 141 Å². The number of rotatable bonds is 4. The van der Waals surface area contributed by atoms with Gasteiger partial charge in [0.2, 0.25) is 11.9 Å². The van der Waals surface area contributed by atoms with Crippen molar-refractivity contribution in [2.24, 2.45) is 5.92 Å². The highest BCUT2D eigenvalue weighted by molar-refractivity contribution is 5.82. The first-order valence-electron chi connectivity index (χ1n) is 9.04. The lowest BCUT2D eigenvalue weighted by Crippen LogP contribution is -2.51. The van der Waals surface area contributed by atoms with Crippen molar-refractivity contribution in [1.82, 2.24) is 15.5 Å². The summed E-state index contributed by atoms with van der Waals surface area (Å²) in [5, 5.41) is 16.7. The van der Waals surface area contributed by atoms with Crippen LogP contribution in [0.5, 0.6) is 0 Å². The van der Waals surface area contributed by atoms with E-state index in [1.807, 2.05) is 0 Å². The standard InChI is InChI=1S/C16H26N4O4/c21-15(13-10-14(13)20(23)24)19-8-6-12(7-9-19)18-16(22)17-11-4-2-1-3-5-11/h11-14H,1-10H2,(H2,17,18,22)/t13-,14+/m1/s1. The second-order valence-electron chi connectivity index (χ2n) is 7.25. The summed E-state index contributed by atoms with van der Waals surface area (Å²) in [5.74, 6) is -0.527. The lowest BCUT2D eigenvalue weighted by Gasteiger charge is -2.33. The monoisotopic (exact) mass is 338 g/mol. The van der Waals surface area contributed by atoms with Crippen LogP contribution in [0.25, 0.3) is 0 Å². The lowest BCUT2D eigenvalue weighted by atomic mass is 9.96. The zero-order valence-corrected chi connectivity index (χ0v) is 13.9. The van der Waals surface area contributed by atoms with E-state index in [0.717, 1.165) is 12.8 Å². The van der Waals surface area contributed by atoms with Crippen LogP contribution in [0.2, 0.25) is 0 Å². The van der Waals surface area contributed by atoms with E-state index in [9.17, 15) is 19.7 Å². The van der Waals surface area contributed by atoms with Crippen molar-refractivity contribution in [3.05, 3.63) is 10.1 Å². The topological polar surface area (TPSA) is 105 Å². The predicted molar refractivity (Wildman–Crippen MR) is 87.0 cm³/mol. The van der Waals surface area contributed by atoms with Crippen LogP contribution in [-0.4, -0.2) is 53.0 Å². The molecule has 2 aliphatic carbocycles. The van der Waals surface area contributed by atoms with Gasteiger partial charge >= 0.3 is 6.03 Å². The van der Waals surface area contributed by atoms with Crippen molar-refractivity contribution in [2.75, 3.05) is 13.1 Å². The Bertz CT molecular complexity index is 498. The highest BCUT2D eigenvalue weighted by Gasteiger charge is 2.54. The molecule has 2 atom stereocenters. The van der Waals surface area contributed by atoms with Gasteiger partial charge in [0.15, 0.2) is 0 Å². The number of piperidine rings is 1. The second kappa shape index (κ2) is 7.36. The Morgan fingerprint density at radius 3 is 2.08 bits per heavy atom. The molecular weight excluding hydrogens is 312 g/mol. The van der Waals surface area contributed by atoms with E-state index in [1.54, 1.807) is 4.90 Å². The summed E-state index contributed by atoms with van der Waals surface area (Å²) in [4.78, 5) is 36.3. The SMILES string of the molecule is O=C(NC1CCCCC1)NC1CCN(C(=O)[C@@H]2C[C@@H]2[N+](=O)[O-])CC1. The fraction of sp³-hybridized carbons (Fsp3) is 0.875. The molecule has 3 rings (SSSR count). The second-order valence-corrected chi connectivity index (χ2v) is 7.25. The van der Waals surface area contributed by atoms with Gasteiger partial charge in [0.25, 0.3) is 0 Å². The van der Waals surface area contributed by atoms with Crippen LogP contribution in [0.3, 0.4) is 0 Å². The third-order valence-electron chi connectivity index (χ3n) is 5.43. The molecule has 0 aromatic rings. The zero-order valence-electron chi connectivity index (χ0n) is 13.9. The molecule has 3 fully saturated rings. The largest absolute Gasteiger partial charge is 0.342 e. The molecule has 0 spiro atoms. The molecule has 1 saturated heterocycles. The molecule has 8 heteroatoms. The summed E-state index contributed by atoms with van der Waals surface area (Å²) in [6.07, 6.45) is 7.51. The normalized spacial score (nSPS) is 28.2. The molecule has 3 aliphatic rings. The lowest BCUT2D eigenvalue weighted by molar-refractivity contribution is -0.497. The maximum atomic E-state index is 12.2. The molecule has 24 heavy (non-hydrogen) atoms. The van der Waals surface area contributed by atoms with Crippen LogP contribution in [0.1, 0.15) is 51.4 Å². The fourth-order valence-corrected chi connectivity index (χ4v) is 3.82. The highest BCUT2D eigenvalue weighted by Crippen LogP contribution is 2.35. The van der Waals surface area contributed by atoms with Gasteiger partial charge in [0.05, 0.1) is 0 Å². The van der Waals surface area contributed by atoms with E-state index >= 15 is 0 Å². The molecular formula is C16H26N4O4. The molecule has 0 aromatic heterocycles. The van der Waals surface area contributed by atoms with Crippen molar-refractivity contribution in [3.8, 4) is 0 Å². The van der Waals surface area contributed by atoms with Crippen LogP contribution in [0, 0.1) is 16.0 Å². The minimum atomic E-state index is -0.686. The fourth-order valence-electron chi connectivity index (χ4n) is 3.82. The van der Waals surface area contributed by atoms with Gasteiger partial charge in [-0.3, -0.25) is 14.9 Å². The molecule has 1 aliphatic heterocycles. The van der Waals surface area contributed by atoms with Crippen LogP contribution in [0.15, 0.2) is 0 Å². The number of nitrogens with zero attached hydrogens (tertiary/aromatic N) is 2. The van der Waals surface area contributed by atoms with E-state index in [-0.39, 0.29) is 28.9 Å². The van der Waals surface area contributed by atoms with Crippen molar-refractivity contribution in [1.29, 1.82) is 0 Å². The molecule has 2 saturated carbocycles. The third kappa shape index (κ3) is 4.15. The Morgan fingerprint density at radius 2 is 1.54 bits per heavy atom. The average molecular weight is 338 g/mol. The Morgan fingerprint density at radius 1 is 0.958 bits per heavy atom. The smallest absolute Gasteiger partial charge is 0.315 e. The summed E-state index contributed by atoms with van der Waals surface area (Å²) >= 11 is 0. The number of hydrogen-bond donors (Lipinski definition) is 2. The first-order valence-corrected chi connectivity index (χ1v) is 9.04. The predicted octanol–water partition coefficient (Wildman–Crippen LogP) is 1.27. The van der Waals surface area contributed by atoms with E-state index in [4.69, 9.17) is 0 Å². The Balaban J connectivity index is 1.36. The van der Waals surface area contributed by atoms with Crippen LogP contribution in [-0.2, 0) is 4.79 Å². The van der Waals surface area contributed by atoms with E-state index < -0.39 is 12.0 Å². The van der Waals surface area contributed by atoms with Crippen molar-refractivity contribution < 1.29 is 14.5 Å². The molecule has 8 nitrogen and oxygen atoms in total. The molecule has 1 heterocycles. The Hall–Kier alpha value is -1.86. The van der Waals surface area contributed by atoms with Crippen molar-refractivity contribution in [2.45, 2.75) is 69.5 Å². The van der Waals surface area contributed by atoms with Gasteiger partial charge in [0, 0.05) is 36.5 Å². The van der Waals surface area contributed by atoms with Crippen LogP contribution in [0.4, 0.5) is 4.79 Å². The molecule has 2 N–H and O–H groups in total. The summed E-state index contributed by atoms with van der Waals surface area (Å²) in [6.45, 7) is 1.13. The Kier molecular flexibility index (Phi) is 5.20. The summed E-state index contributed by atoms with van der Waals surface area (Å²) < 4.78 is 0. The number of nitro groups is 1. The van der Waals surface area contributed by atoms with Gasteiger partial charge < -0.3 is 15.5 Å². The number of urea groups is 1. The van der Waals surface area contributed by atoms with Gasteiger partial charge in [-0.2, -0.15) is 0 Å². The van der Waals surface area contributed by atoms with Gasteiger partial charge in [-0.25, -0.2) is 4.79 Å². The first-order chi connectivity index (χ1) is 11.5. The maximum Gasteiger partial charge on any atom is 0.315 e. The van der Waals surface area contributed by atoms with E-state index in [0.29, 0.717) is 32.4 Å². The molecule has 134 valence electrons. The van der Waals surface area contributed by atoms with Crippen LogP contribution >= 0.6 is 0 Å². The number of amides is 3. The van der Waals surface area contributed by atoms with E-state index in [1.165, 1.54) is 19.3 Å². The molecule has 0 radical (unpaired) electrons. The maximum absolute atomic E-state index is 12.2. The number of carbonyl (C=O) groups excluding carboxylic acids is 2. The average Bonchev–Trinajstić information content (AvgIpc) is 3.36. The van der Waals surface area contributed by atoms with Gasteiger partial charge in [0.1, 0.15) is 5.92 Å². The molecule has 3 amide bonds. The number of carbonyl (C=O) groups is 2. The van der Waals surface area contributed by atoms with Gasteiger partial charge in [-0.15, -0.1) is 0 Å². The summed E-state index contributed by atoms with van der Waals surface area (Å²) in [7, 11) is 0. The first kappa shape index (κ1) is 17.0. The molecule has 0 bridgehead atoms. The third-order valence-corrected chi connectivity index (χ3v) is 5.43. The highest BCUT2D eigenvalue weighted by atomic mass is 16.6. The zero-order chi connectivity index (χ0) is 17.1. The summed E-state index contributed by atoms with van der Waals surface area (Å²) in [6, 6.07) is -0.436. The quantitative estimate of drug-likeness (QED) is 0.595. The van der Waals surface area contributed by atoms with Crippen molar-refractivity contribution >= 4 is 11.9 Å². The minimum Gasteiger partial charge on any atom is -0.342 e.